The van der Waals surface area contributed by atoms with Crippen molar-refractivity contribution >= 4 is 12.0 Å². The highest BCUT2D eigenvalue weighted by Crippen LogP contribution is 2.16. The molecule has 2 saturated heterocycles. The lowest BCUT2D eigenvalue weighted by atomic mass is 9.94. The topological polar surface area (TPSA) is 70.7 Å². The van der Waals surface area contributed by atoms with E-state index in [2.05, 4.69) is 17.6 Å². The molecule has 120 valence electrons. The number of carbonyl (C=O) groups excluding carboxylic acids is 2. The highest BCUT2D eigenvalue weighted by Gasteiger charge is 2.28. The fourth-order valence-electron chi connectivity index (χ4n) is 2.96. The molecule has 0 saturated carbocycles. The van der Waals surface area contributed by atoms with Gasteiger partial charge in [-0.25, -0.2) is 4.79 Å². The van der Waals surface area contributed by atoms with E-state index in [0.29, 0.717) is 25.7 Å². The van der Waals surface area contributed by atoms with E-state index in [4.69, 9.17) is 4.74 Å². The van der Waals surface area contributed by atoms with Crippen molar-refractivity contribution in [2.24, 2.45) is 5.92 Å². The quantitative estimate of drug-likeness (QED) is 0.819. The first-order valence-corrected chi connectivity index (χ1v) is 8.05. The predicted octanol–water partition coefficient (Wildman–Crippen LogP) is 1.11. The molecule has 2 rings (SSSR count). The van der Waals surface area contributed by atoms with Crippen LogP contribution < -0.4 is 10.6 Å². The number of rotatable bonds is 3. The van der Waals surface area contributed by atoms with E-state index >= 15 is 0 Å². The number of likely N-dealkylation sites (tertiary alicyclic amines) is 1. The number of carbonyl (C=O) groups is 2. The van der Waals surface area contributed by atoms with Gasteiger partial charge in [-0.15, -0.1) is 0 Å². The van der Waals surface area contributed by atoms with Gasteiger partial charge >= 0.3 is 6.09 Å². The predicted molar refractivity (Wildman–Crippen MR) is 79.9 cm³/mol. The van der Waals surface area contributed by atoms with E-state index in [9.17, 15) is 9.59 Å². The minimum atomic E-state index is -0.243. The fourth-order valence-corrected chi connectivity index (χ4v) is 2.96. The minimum absolute atomic E-state index is 0.0873. The van der Waals surface area contributed by atoms with Gasteiger partial charge in [0.1, 0.15) is 0 Å². The van der Waals surface area contributed by atoms with Crippen molar-refractivity contribution in [2.45, 2.75) is 51.6 Å². The summed E-state index contributed by atoms with van der Waals surface area (Å²) in [5, 5.41) is 6.49. The Morgan fingerprint density at radius 3 is 2.52 bits per heavy atom. The fraction of sp³-hybridized carbons (Fsp3) is 0.867. The third kappa shape index (κ3) is 4.59. The Bertz CT molecular complexity index is 359. The van der Waals surface area contributed by atoms with Gasteiger partial charge in [0.25, 0.3) is 0 Å². The molecule has 21 heavy (non-hydrogen) atoms. The highest BCUT2D eigenvalue weighted by atomic mass is 16.6. The summed E-state index contributed by atoms with van der Waals surface area (Å²) in [4.78, 5) is 25.6. The first kappa shape index (κ1) is 16.1. The zero-order valence-electron chi connectivity index (χ0n) is 13.1. The molecular weight excluding hydrogens is 270 g/mol. The third-order valence-corrected chi connectivity index (χ3v) is 4.40. The molecule has 0 bridgehead atoms. The molecule has 2 N–H and O–H groups in total. The maximum Gasteiger partial charge on any atom is 0.409 e. The first-order valence-electron chi connectivity index (χ1n) is 8.05. The average Bonchev–Trinajstić information content (AvgIpc) is 2.49. The lowest BCUT2D eigenvalue weighted by molar-refractivity contribution is -0.126. The van der Waals surface area contributed by atoms with Crippen molar-refractivity contribution in [3.8, 4) is 0 Å². The first-order chi connectivity index (χ1) is 10.1. The van der Waals surface area contributed by atoms with Gasteiger partial charge in [0.05, 0.1) is 12.5 Å². The van der Waals surface area contributed by atoms with Crippen molar-refractivity contribution in [3.05, 3.63) is 0 Å². The van der Waals surface area contributed by atoms with Crippen molar-refractivity contribution in [3.63, 3.8) is 0 Å². The monoisotopic (exact) mass is 297 g/mol. The second kappa shape index (κ2) is 7.64. The van der Waals surface area contributed by atoms with Gasteiger partial charge in [0.15, 0.2) is 0 Å². The number of amides is 2. The van der Waals surface area contributed by atoms with Gasteiger partial charge in [-0.1, -0.05) is 0 Å². The molecule has 6 nitrogen and oxygen atoms in total. The summed E-state index contributed by atoms with van der Waals surface area (Å²) in [7, 11) is 0. The molecule has 2 heterocycles. The van der Waals surface area contributed by atoms with E-state index in [1.165, 1.54) is 0 Å². The van der Waals surface area contributed by atoms with Crippen LogP contribution in [0.1, 0.15) is 39.5 Å². The zero-order chi connectivity index (χ0) is 15.2. The van der Waals surface area contributed by atoms with Crippen LogP contribution in [-0.4, -0.2) is 55.2 Å². The Kier molecular flexibility index (Phi) is 5.85. The molecule has 2 unspecified atom stereocenters. The number of nitrogens with zero attached hydrogens (tertiary/aromatic N) is 1. The lowest BCUT2D eigenvalue weighted by Gasteiger charge is -2.33. The van der Waals surface area contributed by atoms with Crippen molar-refractivity contribution in [1.82, 2.24) is 15.5 Å². The van der Waals surface area contributed by atoms with Crippen LogP contribution in [0.5, 0.6) is 0 Å². The lowest BCUT2D eigenvalue weighted by Crippen LogP contribution is -2.50. The van der Waals surface area contributed by atoms with Crippen LogP contribution in [0.4, 0.5) is 4.79 Å². The van der Waals surface area contributed by atoms with Crippen LogP contribution in [0, 0.1) is 5.92 Å². The van der Waals surface area contributed by atoms with Gasteiger partial charge in [-0.05, 0) is 39.5 Å². The molecule has 2 fully saturated rings. The van der Waals surface area contributed by atoms with Crippen LogP contribution in [0.15, 0.2) is 0 Å². The molecule has 6 heteroatoms. The van der Waals surface area contributed by atoms with Gasteiger partial charge in [-0.2, -0.15) is 0 Å². The van der Waals surface area contributed by atoms with E-state index < -0.39 is 0 Å². The minimum Gasteiger partial charge on any atom is -0.450 e. The molecular formula is C15H27N3O3. The Morgan fingerprint density at radius 2 is 1.95 bits per heavy atom. The van der Waals surface area contributed by atoms with E-state index in [0.717, 1.165) is 32.2 Å². The summed E-state index contributed by atoms with van der Waals surface area (Å²) < 4.78 is 4.99. The Labute approximate surface area is 126 Å². The van der Waals surface area contributed by atoms with E-state index in [-0.39, 0.29) is 24.0 Å². The standard InChI is InChI=1S/C15H27N3O3/c1-3-21-15(20)18-8-6-13(7-9-18)17-14(19)12-5-4-11(2)16-10-12/h11-13,16H,3-10H2,1-2H3,(H,17,19). The number of nitrogens with one attached hydrogen (secondary N) is 2. The molecule has 0 aromatic rings. The summed E-state index contributed by atoms with van der Waals surface area (Å²) in [5.74, 6) is 0.244. The molecule has 2 aliphatic heterocycles. The second-order valence-corrected chi connectivity index (χ2v) is 6.05. The number of ether oxygens (including phenoxy) is 1. The van der Waals surface area contributed by atoms with Gasteiger partial charge in [-0.3, -0.25) is 4.79 Å². The molecule has 0 spiro atoms. The molecule has 0 aromatic carbocycles. The molecule has 0 aliphatic carbocycles. The van der Waals surface area contributed by atoms with Crippen LogP contribution in [0.3, 0.4) is 0 Å². The van der Waals surface area contributed by atoms with Crippen LogP contribution in [-0.2, 0) is 9.53 Å². The van der Waals surface area contributed by atoms with Gasteiger partial charge in [0.2, 0.25) is 5.91 Å². The smallest absolute Gasteiger partial charge is 0.409 e. The number of piperidine rings is 2. The number of hydrogen-bond donors (Lipinski definition) is 2. The molecule has 0 radical (unpaired) electrons. The van der Waals surface area contributed by atoms with Gasteiger partial charge < -0.3 is 20.3 Å². The van der Waals surface area contributed by atoms with Crippen LogP contribution in [0.2, 0.25) is 0 Å². The summed E-state index contributed by atoms with van der Waals surface area (Å²) in [6.45, 7) is 6.45. The Hall–Kier alpha value is -1.30. The molecule has 2 amide bonds. The largest absolute Gasteiger partial charge is 0.450 e. The van der Waals surface area contributed by atoms with Crippen molar-refractivity contribution in [2.75, 3.05) is 26.2 Å². The average molecular weight is 297 g/mol. The van der Waals surface area contributed by atoms with Crippen LogP contribution >= 0.6 is 0 Å². The third-order valence-electron chi connectivity index (χ3n) is 4.40. The highest BCUT2D eigenvalue weighted by molar-refractivity contribution is 5.79. The normalized spacial score (nSPS) is 27.2. The summed E-state index contributed by atoms with van der Waals surface area (Å²) >= 11 is 0. The van der Waals surface area contributed by atoms with Crippen molar-refractivity contribution in [1.29, 1.82) is 0 Å². The Balaban J connectivity index is 1.70. The van der Waals surface area contributed by atoms with E-state index in [1.807, 2.05) is 6.92 Å². The zero-order valence-corrected chi connectivity index (χ0v) is 13.1. The Morgan fingerprint density at radius 1 is 1.24 bits per heavy atom. The maximum atomic E-state index is 12.2. The van der Waals surface area contributed by atoms with Crippen LogP contribution in [0.25, 0.3) is 0 Å². The van der Waals surface area contributed by atoms with Crippen molar-refractivity contribution < 1.29 is 14.3 Å². The maximum absolute atomic E-state index is 12.2. The molecule has 2 atom stereocenters. The van der Waals surface area contributed by atoms with E-state index in [1.54, 1.807) is 4.90 Å². The summed E-state index contributed by atoms with van der Waals surface area (Å²) in [6.07, 6.45) is 3.39. The summed E-state index contributed by atoms with van der Waals surface area (Å²) in [6, 6.07) is 0.699. The summed E-state index contributed by atoms with van der Waals surface area (Å²) in [5.41, 5.74) is 0. The number of hydrogen-bond acceptors (Lipinski definition) is 4. The van der Waals surface area contributed by atoms with Gasteiger partial charge in [0, 0.05) is 31.7 Å². The second-order valence-electron chi connectivity index (χ2n) is 6.05. The SMILES string of the molecule is CCOC(=O)N1CCC(NC(=O)C2CCC(C)NC2)CC1. The molecule has 2 aliphatic rings. The molecule has 0 aromatic heterocycles.